The van der Waals surface area contributed by atoms with Crippen LogP contribution in [0.2, 0.25) is 0 Å². The number of benzene rings is 2. The highest BCUT2D eigenvalue weighted by Crippen LogP contribution is 2.18. The van der Waals surface area contributed by atoms with Gasteiger partial charge in [-0.1, -0.05) is 50.2 Å². The van der Waals surface area contributed by atoms with Crippen molar-refractivity contribution in [2.75, 3.05) is 5.32 Å². The van der Waals surface area contributed by atoms with Crippen LogP contribution >= 0.6 is 0 Å². The summed E-state index contributed by atoms with van der Waals surface area (Å²) in [6.07, 6.45) is 0.264. The van der Waals surface area contributed by atoms with E-state index < -0.39 is 18.0 Å². The van der Waals surface area contributed by atoms with Gasteiger partial charge in [-0.2, -0.15) is 5.26 Å². The Kier molecular flexibility index (Phi) is 7.65. The molecule has 0 aliphatic rings. The molecule has 0 saturated heterocycles. The Balaban J connectivity index is 2.08. The summed E-state index contributed by atoms with van der Waals surface area (Å²) >= 11 is 0. The first-order valence-corrected chi connectivity index (χ1v) is 9.56. The van der Waals surface area contributed by atoms with Gasteiger partial charge in [-0.05, 0) is 49.1 Å². The Labute approximate surface area is 176 Å². The molecule has 30 heavy (non-hydrogen) atoms. The molecule has 0 unspecified atom stereocenters. The van der Waals surface area contributed by atoms with Crippen LogP contribution in [-0.2, 0) is 14.3 Å². The summed E-state index contributed by atoms with van der Waals surface area (Å²) in [5, 5.41) is 11.9. The molecule has 0 fully saturated rings. The number of carbonyl (C=O) groups excluding carboxylic acids is 3. The Hall–Kier alpha value is -3.72. The van der Waals surface area contributed by atoms with E-state index >= 15 is 0 Å². The number of rotatable bonds is 7. The average Bonchev–Trinajstić information content (AvgIpc) is 2.72. The highest BCUT2D eigenvalue weighted by atomic mass is 16.5. The third-order valence-corrected chi connectivity index (χ3v) is 4.47. The van der Waals surface area contributed by atoms with E-state index in [0.29, 0.717) is 22.7 Å². The van der Waals surface area contributed by atoms with E-state index in [1.807, 2.05) is 30.3 Å². The summed E-state index contributed by atoms with van der Waals surface area (Å²) in [6.45, 7) is 6.94. The number of nitrogens with one attached hydrogen (secondary N) is 1. The first kappa shape index (κ1) is 22.6. The molecule has 0 aromatic heterocycles. The van der Waals surface area contributed by atoms with Gasteiger partial charge in [0, 0.05) is 5.56 Å². The summed E-state index contributed by atoms with van der Waals surface area (Å²) in [5.41, 5.74) is 2.30. The van der Waals surface area contributed by atoms with Crippen molar-refractivity contribution in [2.45, 2.75) is 39.7 Å². The number of nitrogens with zero attached hydrogens (tertiary/aromatic N) is 1. The number of Topliss-reactive ketones (excluding diaryl/α,β-unsaturated/α-hetero) is 1. The lowest BCUT2D eigenvalue weighted by Gasteiger charge is -2.14. The van der Waals surface area contributed by atoms with Crippen molar-refractivity contribution in [3.8, 4) is 6.07 Å². The van der Waals surface area contributed by atoms with E-state index in [9.17, 15) is 19.6 Å². The SMILES string of the molecule is CC(=O)c1ccccc1NC(=O)[C@@H](C)OC(=O)/C(C#N)=C/c1ccc(C(C)C)cc1. The molecule has 1 N–H and O–H groups in total. The van der Waals surface area contributed by atoms with Crippen LogP contribution in [0.15, 0.2) is 54.1 Å². The molecule has 0 aliphatic carbocycles. The third-order valence-electron chi connectivity index (χ3n) is 4.47. The second-order valence-electron chi connectivity index (χ2n) is 7.13. The summed E-state index contributed by atoms with van der Waals surface area (Å²) in [5.74, 6) is -1.33. The summed E-state index contributed by atoms with van der Waals surface area (Å²) in [6, 6.07) is 15.9. The lowest BCUT2D eigenvalue weighted by atomic mass is 10.0. The van der Waals surface area contributed by atoms with Crippen molar-refractivity contribution < 1.29 is 19.1 Å². The van der Waals surface area contributed by atoms with Crippen molar-refractivity contribution in [3.63, 3.8) is 0 Å². The number of hydrogen-bond donors (Lipinski definition) is 1. The van der Waals surface area contributed by atoms with E-state index in [1.165, 1.54) is 19.9 Å². The lowest BCUT2D eigenvalue weighted by molar-refractivity contribution is -0.148. The molecule has 1 amide bonds. The minimum absolute atomic E-state index is 0.200. The highest BCUT2D eigenvalue weighted by molar-refractivity contribution is 6.05. The molecule has 0 heterocycles. The number of ether oxygens (including phenoxy) is 1. The zero-order chi connectivity index (χ0) is 22.3. The van der Waals surface area contributed by atoms with Crippen molar-refractivity contribution in [1.82, 2.24) is 0 Å². The maximum absolute atomic E-state index is 12.4. The number of amides is 1. The minimum Gasteiger partial charge on any atom is -0.448 e. The fourth-order valence-corrected chi connectivity index (χ4v) is 2.69. The molecule has 2 rings (SSSR count). The number of ketones is 1. The number of nitriles is 1. The summed E-state index contributed by atoms with van der Waals surface area (Å²) in [7, 11) is 0. The van der Waals surface area contributed by atoms with Gasteiger partial charge in [-0.15, -0.1) is 0 Å². The molecule has 0 radical (unpaired) electrons. The van der Waals surface area contributed by atoms with Crippen LogP contribution in [0.4, 0.5) is 5.69 Å². The first-order chi connectivity index (χ1) is 14.2. The normalized spacial score (nSPS) is 12.1. The standard InChI is InChI=1S/C24H24N2O4/c1-15(2)19-11-9-18(10-12-19)13-20(14-25)24(29)30-17(4)23(28)26-22-8-6-5-7-21(22)16(3)27/h5-13,15,17H,1-4H3,(H,26,28)/b20-13+/t17-/m1/s1. The fraction of sp³-hybridized carbons (Fsp3) is 0.250. The van der Waals surface area contributed by atoms with E-state index in [0.717, 1.165) is 5.56 Å². The molecule has 0 spiro atoms. The van der Waals surface area contributed by atoms with Gasteiger partial charge in [0.25, 0.3) is 5.91 Å². The topological polar surface area (TPSA) is 96.3 Å². The molecule has 1 atom stereocenters. The van der Waals surface area contributed by atoms with E-state index in [1.54, 1.807) is 24.3 Å². The maximum Gasteiger partial charge on any atom is 0.349 e. The second-order valence-corrected chi connectivity index (χ2v) is 7.13. The predicted octanol–water partition coefficient (Wildman–Crippen LogP) is 4.49. The van der Waals surface area contributed by atoms with Gasteiger partial charge in [0.05, 0.1) is 5.69 Å². The van der Waals surface area contributed by atoms with E-state index in [4.69, 9.17) is 4.74 Å². The van der Waals surface area contributed by atoms with Crippen molar-refractivity contribution >= 4 is 29.4 Å². The first-order valence-electron chi connectivity index (χ1n) is 9.56. The van der Waals surface area contributed by atoms with Crippen LogP contribution in [0.25, 0.3) is 6.08 Å². The molecule has 0 bridgehead atoms. The van der Waals surface area contributed by atoms with Gasteiger partial charge in [-0.25, -0.2) is 4.79 Å². The van der Waals surface area contributed by atoms with Gasteiger partial charge >= 0.3 is 5.97 Å². The molecule has 6 nitrogen and oxygen atoms in total. The van der Waals surface area contributed by atoms with Gasteiger partial charge in [0.2, 0.25) is 0 Å². The molecular formula is C24H24N2O4. The van der Waals surface area contributed by atoms with Crippen LogP contribution < -0.4 is 5.32 Å². The number of para-hydroxylation sites is 1. The molecule has 2 aromatic carbocycles. The lowest BCUT2D eigenvalue weighted by Crippen LogP contribution is -2.30. The highest BCUT2D eigenvalue weighted by Gasteiger charge is 2.21. The van der Waals surface area contributed by atoms with Crippen LogP contribution in [0.1, 0.15) is 55.1 Å². The number of esters is 1. The number of anilines is 1. The molecule has 6 heteroatoms. The molecule has 2 aromatic rings. The maximum atomic E-state index is 12.4. The Morgan fingerprint density at radius 2 is 1.67 bits per heavy atom. The summed E-state index contributed by atoms with van der Waals surface area (Å²) in [4.78, 5) is 36.4. The summed E-state index contributed by atoms with van der Waals surface area (Å²) < 4.78 is 5.15. The van der Waals surface area contributed by atoms with Crippen molar-refractivity contribution in [2.24, 2.45) is 0 Å². The van der Waals surface area contributed by atoms with Crippen LogP contribution in [0.3, 0.4) is 0 Å². The van der Waals surface area contributed by atoms with E-state index in [2.05, 4.69) is 19.2 Å². The molecular weight excluding hydrogens is 380 g/mol. The van der Waals surface area contributed by atoms with Crippen LogP contribution in [-0.4, -0.2) is 23.8 Å². The smallest absolute Gasteiger partial charge is 0.349 e. The van der Waals surface area contributed by atoms with Crippen molar-refractivity contribution in [3.05, 3.63) is 70.8 Å². The Bertz CT molecular complexity index is 1010. The fourth-order valence-electron chi connectivity index (χ4n) is 2.69. The second kappa shape index (κ2) is 10.2. The monoisotopic (exact) mass is 404 g/mol. The Morgan fingerprint density at radius 3 is 2.23 bits per heavy atom. The Morgan fingerprint density at radius 1 is 1.03 bits per heavy atom. The minimum atomic E-state index is -1.16. The van der Waals surface area contributed by atoms with Gasteiger partial charge in [0.15, 0.2) is 11.9 Å². The molecule has 0 aliphatic heterocycles. The van der Waals surface area contributed by atoms with Gasteiger partial charge in [-0.3, -0.25) is 9.59 Å². The predicted molar refractivity (Wildman–Crippen MR) is 115 cm³/mol. The zero-order valence-corrected chi connectivity index (χ0v) is 17.4. The third kappa shape index (κ3) is 5.89. The average molecular weight is 404 g/mol. The van der Waals surface area contributed by atoms with Gasteiger partial charge in [0.1, 0.15) is 11.6 Å². The van der Waals surface area contributed by atoms with Crippen molar-refractivity contribution in [1.29, 1.82) is 5.26 Å². The number of carbonyl (C=O) groups is 3. The largest absolute Gasteiger partial charge is 0.448 e. The van der Waals surface area contributed by atoms with Gasteiger partial charge < -0.3 is 10.1 Å². The van der Waals surface area contributed by atoms with E-state index in [-0.39, 0.29) is 11.4 Å². The molecule has 0 saturated carbocycles. The number of hydrogen-bond acceptors (Lipinski definition) is 5. The van der Waals surface area contributed by atoms with Crippen LogP contribution in [0, 0.1) is 11.3 Å². The quantitative estimate of drug-likeness (QED) is 0.317. The molecule has 154 valence electrons. The van der Waals surface area contributed by atoms with Crippen LogP contribution in [0.5, 0.6) is 0 Å². The zero-order valence-electron chi connectivity index (χ0n) is 17.4.